The van der Waals surface area contributed by atoms with E-state index in [2.05, 4.69) is 5.32 Å². The highest BCUT2D eigenvalue weighted by molar-refractivity contribution is 7.90. The van der Waals surface area contributed by atoms with E-state index in [4.69, 9.17) is 23.2 Å². The lowest BCUT2D eigenvalue weighted by atomic mass is 10.1. The summed E-state index contributed by atoms with van der Waals surface area (Å²) in [5, 5.41) is 3.24. The summed E-state index contributed by atoms with van der Waals surface area (Å²) in [7, 11) is 0.244. The predicted molar refractivity (Wildman–Crippen MR) is 132 cm³/mol. The van der Waals surface area contributed by atoms with E-state index in [-0.39, 0.29) is 12.5 Å². The van der Waals surface area contributed by atoms with Gasteiger partial charge in [-0.15, -0.1) is 0 Å². The van der Waals surface area contributed by atoms with Crippen molar-refractivity contribution in [2.45, 2.75) is 25.9 Å². The van der Waals surface area contributed by atoms with Gasteiger partial charge in [0, 0.05) is 43.3 Å². The molecule has 0 bridgehead atoms. The number of nitrogens with zero attached hydrogens (tertiary/aromatic N) is 3. The first kappa shape index (κ1) is 26.9. The molecule has 2 aromatic carbocycles. The van der Waals surface area contributed by atoms with Crippen molar-refractivity contribution in [1.29, 1.82) is 0 Å². The third-order valence-corrected chi connectivity index (χ3v) is 7.61. The molecule has 0 unspecified atom stereocenters. The Morgan fingerprint density at radius 1 is 1.00 bits per heavy atom. The number of likely N-dealkylation sites (N-methyl/N-ethyl adjacent to an activating group) is 1. The molecule has 11 heteroatoms. The average Bonchev–Trinajstić information content (AvgIpc) is 2.79. The van der Waals surface area contributed by atoms with Crippen molar-refractivity contribution >= 4 is 50.9 Å². The summed E-state index contributed by atoms with van der Waals surface area (Å²) in [6.07, 6.45) is 0.305. The Bertz CT molecular complexity index is 1060. The number of anilines is 1. The van der Waals surface area contributed by atoms with Crippen LogP contribution in [0.25, 0.3) is 0 Å². The lowest BCUT2D eigenvalue weighted by Gasteiger charge is -2.34. The Morgan fingerprint density at radius 3 is 2.06 bits per heavy atom. The van der Waals surface area contributed by atoms with Gasteiger partial charge in [0.25, 0.3) is 0 Å². The number of rotatable bonds is 10. The quantitative estimate of drug-likeness (QED) is 0.527. The molecule has 2 aromatic rings. The van der Waals surface area contributed by atoms with Crippen molar-refractivity contribution in [3.8, 4) is 0 Å². The van der Waals surface area contributed by atoms with Crippen LogP contribution in [0.15, 0.2) is 48.5 Å². The average molecular weight is 515 g/mol. The first-order chi connectivity index (χ1) is 15.5. The van der Waals surface area contributed by atoms with Gasteiger partial charge in [0.15, 0.2) is 0 Å². The van der Waals surface area contributed by atoms with Crippen LogP contribution in [0.5, 0.6) is 0 Å². The normalized spacial score (nSPS) is 12.3. The van der Waals surface area contributed by atoms with E-state index in [9.17, 15) is 18.0 Å². The first-order valence-electron chi connectivity index (χ1n) is 10.2. The summed E-state index contributed by atoms with van der Waals surface area (Å²) in [4.78, 5) is 27.5. The van der Waals surface area contributed by atoms with Crippen LogP contribution in [0.2, 0.25) is 10.0 Å². The summed E-state index contributed by atoms with van der Waals surface area (Å²) in [6, 6.07) is 12.4. The molecule has 0 heterocycles. The van der Waals surface area contributed by atoms with E-state index in [1.54, 1.807) is 55.5 Å². The lowest BCUT2D eigenvalue weighted by molar-refractivity contribution is -0.140. The smallest absolute Gasteiger partial charge is 0.304 e. The Morgan fingerprint density at radius 2 is 1.58 bits per heavy atom. The number of hydrogen-bond acceptors (Lipinski definition) is 4. The Hall–Kier alpha value is -2.33. The summed E-state index contributed by atoms with van der Waals surface area (Å²) in [5.41, 5.74) is 0.793. The van der Waals surface area contributed by atoms with Gasteiger partial charge >= 0.3 is 10.2 Å². The van der Waals surface area contributed by atoms with Gasteiger partial charge in [0.05, 0.1) is 5.69 Å². The fourth-order valence-corrected chi connectivity index (χ4v) is 4.82. The molecule has 0 aliphatic heterocycles. The molecule has 0 saturated heterocycles. The Balaban J connectivity index is 2.52. The lowest BCUT2D eigenvalue weighted by Crippen LogP contribution is -2.53. The predicted octanol–water partition coefficient (Wildman–Crippen LogP) is 3.16. The molecular formula is C22H28Cl2N4O4S. The molecule has 0 fully saturated rings. The molecule has 0 aromatic heterocycles. The van der Waals surface area contributed by atoms with Gasteiger partial charge in [0.1, 0.15) is 12.6 Å². The van der Waals surface area contributed by atoms with Gasteiger partial charge in [-0.25, -0.2) is 4.31 Å². The van der Waals surface area contributed by atoms with E-state index < -0.39 is 28.7 Å². The maximum absolute atomic E-state index is 13.6. The molecule has 0 saturated carbocycles. The number of carbonyl (C=O) groups is 2. The number of nitrogens with one attached hydrogen (secondary N) is 1. The van der Waals surface area contributed by atoms with E-state index in [1.165, 1.54) is 26.0 Å². The third-order valence-electron chi connectivity index (χ3n) is 5.09. The van der Waals surface area contributed by atoms with Gasteiger partial charge < -0.3 is 10.2 Å². The van der Waals surface area contributed by atoms with Crippen LogP contribution in [0.3, 0.4) is 0 Å². The molecule has 0 aliphatic carbocycles. The minimum atomic E-state index is -4.00. The Kier molecular flexibility index (Phi) is 9.54. The molecule has 33 heavy (non-hydrogen) atoms. The van der Waals surface area contributed by atoms with Gasteiger partial charge in [-0.1, -0.05) is 54.4 Å². The van der Waals surface area contributed by atoms with Crippen LogP contribution >= 0.6 is 23.2 Å². The van der Waals surface area contributed by atoms with Crippen LogP contribution in [0, 0.1) is 0 Å². The van der Waals surface area contributed by atoms with E-state index >= 15 is 0 Å². The summed E-state index contributed by atoms with van der Waals surface area (Å²) in [6.45, 7) is 1.19. The topological polar surface area (TPSA) is 90.0 Å². The van der Waals surface area contributed by atoms with Crippen molar-refractivity contribution in [1.82, 2.24) is 14.5 Å². The fourth-order valence-electron chi connectivity index (χ4n) is 3.25. The second-order valence-corrected chi connectivity index (χ2v) is 10.3. The minimum absolute atomic E-state index is 0.0616. The monoisotopic (exact) mass is 514 g/mol. The molecule has 1 atom stereocenters. The molecule has 2 amide bonds. The second kappa shape index (κ2) is 11.7. The highest BCUT2D eigenvalue weighted by Gasteiger charge is 2.34. The summed E-state index contributed by atoms with van der Waals surface area (Å²) < 4.78 is 28.1. The van der Waals surface area contributed by atoms with E-state index in [1.807, 2.05) is 0 Å². The van der Waals surface area contributed by atoms with Crippen LogP contribution in [0.4, 0.5) is 5.69 Å². The van der Waals surface area contributed by atoms with Crippen molar-refractivity contribution in [3.63, 3.8) is 0 Å². The summed E-state index contributed by atoms with van der Waals surface area (Å²) >= 11 is 12.6. The molecule has 0 aliphatic rings. The van der Waals surface area contributed by atoms with E-state index in [0.29, 0.717) is 27.7 Å². The fraction of sp³-hybridized carbons (Fsp3) is 0.364. The van der Waals surface area contributed by atoms with Crippen LogP contribution in [-0.4, -0.2) is 63.2 Å². The van der Waals surface area contributed by atoms with Gasteiger partial charge in [0.2, 0.25) is 11.8 Å². The van der Waals surface area contributed by atoms with Gasteiger partial charge in [-0.05, 0) is 30.7 Å². The highest BCUT2D eigenvalue weighted by Crippen LogP contribution is 2.27. The molecular weight excluding hydrogens is 487 g/mol. The summed E-state index contributed by atoms with van der Waals surface area (Å²) in [5.74, 6) is -0.952. The maximum Gasteiger partial charge on any atom is 0.304 e. The molecule has 2 rings (SSSR count). The third kappa shape index (κ3) is 6.38. The molecule has 0 spiro atoms. The number of hydrogen-bond donors (Lipinski definition) is 1. The zero-order chi connectivity index (χ0) is 24.8. The standard InChI is InChI=1S/C22H28Cl2N4O4S/c1-5-20(22(30)25-2)27(14-17-18(23)12-9-13-19(17)24)21(29)15-28(33(31,32)26(3)4)16-10-7-6-8-11-16/h6-13,20H,5,14-15H2,1-4H3,(H,25,30)/t20-/m0/s1. The number of amides is 2. The van der Waals surface area contributed by atoms with Crippen LogP contribution in [-0.2, 0) is 26.3 Å². The van der Waals surface area contributed by atoms with Crippen LogP contribution in [0.1, 0.15) is 18.9 Å². The number of halogens is 2. The highest BCUT2D eigenvalue weighted by atomic mass is 35.5. The Labute approximate surface area is 205 Å². The van der Waals surface area contributed by atoms with Crippen molar-refractivity contribution in [3.05, 3.63) is 64.1 Å². The first-order valence-corrected chi connectivity index (χ1v) is 12.4. The number of para-hydroxylation sites is 1. The minimum Gasteiger partial charge on any atom is -0.357 e. The van der Waals surface area contributed by atoms with Gasteiger partial charge in [-0.2, -0.15) is 12.7 Å². The van der Waals surface area contributed by atoms with Crippen molar-refractivity contribution in [2.24, 2.45) is 0 Å². The molecule has 1 N–H and O–H groups in total. The van der Waals surface area contributed by atoms with Crippen molar-refractivity contribution < 1.29 is 18.0 Å². The number of carbonyl (C=O) groups excluding carboxylic acids is 2. The SMILES string of the molecule is CC[C@@H](C(=O)NC)N(Cc1c(Cl)cccc1Cl)C(=O)CN(c1ccccc1)S(=O)(=O)N(C)C. The largest absolute Gasteiger partial charge is 0.357 e. The zero-order valence-corrected chi connectivity index (χ0v) is 21.3. The molecule has 8 nitrogen and oxygen atoms in total. The van der Waals surface area contributed by atoms with Crippen LogP contribution < -0.4 is 9.62 Å². The molecule has 0 radical (unpaired) electrons. The maximum atomic E-state index is 13.6. The second-order valence-electron chi connectivity index (χ2n) is 7.39. The molecule has 180 valence electrons. The van der Waals surface area contributed by atoms with Crippen molar-refractivity contribution in [2.75, 3.05) is 32.0 Å². The number of benzene rings is 2. The van der Waals surface area contributed by atoms with E-state index in [0.717, 1.165) is 8.61 Å². The van der Waals surface area contributed by atoms with Gasteiger partial charge in [-0.3, -0.25) is 9.59 Å². The zero-order valence-electron chi connectivity index (χ0n) is 19.0.